The molecule has 1 saturated carbocycles. The van der Waals surface area contributed by atoms with E-state index in [-0.39, 0.29) is 21.3 Å². The number of pyridine rings is 1. The number of rotatable bonds is 4. The molecule has 2 fully saturated rings. The van der Waals surface area contributed by atoms with Gasteiger partial charge in [0.2, 0.25) is 16.0 Å². The highest BCUT2D eigenvalue weighted by Crippen LogP contribution is 2.39. The Balaban J connectivity index is 1.80. The Kier molecular flexibility index (Phi) is 3.06. The lowest BCUT2D eigenvalue weighted by molar-refractivity contribution is 0.0266. The van der Waals surface area contributed by atoms with Gasteiger partial charge < -0.3 is 10.4 Å². The zero-order valence-electron chi connectivity index (χ0n) is 26.2. The number of anilines is 1. The molecular weight excluding hydrogens is 406 g/mol. The molecule has 1 aliphatic carbocycles. The lowest BCUT2D eigenvalue weighted by Crippen LogP contribution is -2.42. The minimum atomic E-state index is -5.03. The van der Waals surface area contributed by atoms with Crippen molar-refractivity contribution >= 4 is 27.0 Å². The van der Waals surface area contributed by atoms with Gasteiger partial charge in [-0.1, -0.05) is 0 Å². The highest BCUT2D eigenvalue weighted by atomic mass is 32.2. The molecule has 0 spiro atoms. The van der Waals surface area contributed by atoms with Crippen molar-refractivity contribution in [1.82, 2.24) is 18.8 Å². The molecule has 2 atom stereocenters. The fourth-order valence-corrected chi connectivity index (χ4v) is 4.42. The number of fused-ring (bicyclic) bond motifs is 1. The summed E-state index contributed by atoms with van der Waals surface area (Å²) in [6.07, 6.45) is -6.37. The molecule has 2 aromatic heterocycles. The maximum Gasteiger partial charge on any atom is 0.255 e. The van der Waals surface area contributed by atoms with Crippen LogP contribution in [0.2, 0.25) is 0 Å². The van der Waals surface area contributed by atoms with Gasteiger partial charge in [-0.2, -0.15) is 4.98 Å². The molecule has 2 aliphatic rings. The first-order valence-corrected chi connectivity index (χ1v) is 10.8. The van der Waals surface area contributed by atoms with E-state index < -0.39 is 77.7 Å². The maximum absolute atomic E-state index is 13.4. The Bertz CT molecular complexity index is 1470. The largest absolute Gasteiger partial charge is 0.388 e. The maximum atomic E-state index is 13.4. The molecule has 2 aromatic rings. The standard InChI is InChI=1S/C20H29N5O4S/c1-13-11-14-12-21-19(22-15-6-9-24(10-7-15)30(3,28)29)23-17(14)25(18(13)26)16-5-4-8-20(16,2)27/h11-12,15-16,27H,4-10H2,1-3H3,(H,21,22,23)/t16-,20-/m0/s1/i1D3,3D3,6D2,7D2. The molecule has 164 valence electrons. The Hall–Kier alpha value is -2.04. The predicted molar refractivity (Wildman–Crippen MR) is 115 cm³/mol. The third-order valence-corrected chi connectivity index (χ3v) is 6.46. The number of piperidine rings is 1. The fourth-order valence-electron chi connectivity index (χ4n) is 3.93. The molecular formula is C20H29N5O4S. The van der Waals surface area contributed by atoms with E-state index >= 15 is 0 Å². The van der Waals surface area contributed by atoms with Crippen molar-refractivity contribution in [3.05, 3.63) is 28.2 Å². The van der Waals surface area contributed by atoms with Crippen molar-refractivity contribution in [2.45, 2.75) is 63.5 Å². The van der Waals surface area contributed by atoms with Gasteiger partial charge in [0.05, 0.1) is 17.8 Å². The van der Waals surface area contributed by atoms with Gasteiger partial charge in [0, 0.05) is 50.0 Å². The van der Waals surface area contributed by atoms with Crippen molar-refractivity contribution in [3.8, 4) is 0 Å². The fraction of sp³-hybridized carbons (Fsp3) is 0.650. The third-order valence-electron chi connectivity index (χ3n) is 5.52. The van der Waals surface area contributed by atoms with E-state index in [9.17, 15) is 18.3 Å². The minimum absolute atomic E-state index is 0.0637. The molecule has 0 unspecified atom stereocenters. The van der Waals surface area contributed by atoms with E-state index in [2.05, 4.69) is 15.3 Å². The summed E-state index contributed by atoms with van der Waals surface area (Å²) in [7, 11) is -5.03. The summed E-state index contributed by atoms with van der Waals surface area (Å²) in [6.45, 7) is -3.18. The van der Waals surface area contributed by atoms with E-state index in [0.717, 1.165) is 10.6 Å². The van der Waals surface area contributed by atoms with Crippen molar-refractivity contribution in [2.75, 3.05) is 24.6 Å². The van der Waals surface area contributed by atoms with E-state index in [0.29, 0.717) is 19.3 Å². The molecule has 30 heavy (non-hydrogen) atoms. The zero-order chi connectivity index (χ0) is 30.3. The Morgan fingerprint density at radius 2 is 2.17 bits per heavy atom. The van der Waals surface area contributed by atoms with E-state index in [1.165, 1.54) is 13.1 Å². The number of hydrogen-bond acceptors (Lipinski definition) is 7. The zero-order valence-corrected chi connectivity index (χ0v) is 17.0. The molecule has 2 N–H and O–H groups in total. The summed E-state index contributed by atoms with van der Waals surface area (Å²) >= 11 is 0. The second kappa shape index (κ2) is 7.58. The van der Waals surface area contributed by atoms with Crippen molar-refractivity contribution < 1.29 is 27.2 Å². The van der Waals surface area contributed by atoms with E-state index in [1.807, 2.05) is 0 Å². The van der Waals surface area contributed by atoms with Crippen LogP contribution in [0.3, 0.4) is 0 Å². The Morgan fingerprint density at radius 3 is 2.80 bits per heavy atom. The lowest BCUT2D eigenvalue weighted by atomic mass is 9.99. The van der Waals surface area contributed by atoms with Gasteiger partial charge in [-0.25, -0.2) is 17.7 Å². The van der Waals surface area contributed by atoms with Crippen molar-refractivity contribution in [3.63, 3.8) is 0 Å². The number of aryl methyl sites for hydroxylation is 1. The van der Waals surface area contributed by atoms with E-state index in [4.69, 9.17) is 13.7 Å². The molecule has 0 bridgehead atoms. The molecule has 1 aliphatic heterocycles. The second-order valence-electron chi connectivity index (χ2n) is 7.73. The highest BCUT2D eigenvalue weighted by molar-refractivity contribution is 7.88. The van der Waals surface area contributed by atoms with Crippen LogP contribution in [0.25, 0.3) is 11.0 Å². The van der Waals surface area contributed by atoms with Crippen LogP contribution in [-0.2, 0) is 10.0 Å². The Morgan fingerprint density at radius 1 is 1.40 bits per heavy atom. The number of hydrogen-bond donors (Lipinski definition) is 2. The summed E-state index contributed by atoms with van der Waals surface area (Å²) in [5.41, 5.74) is -2.81. The smallest absolute Gasteiger partial charge is 0.255 e. The Labute approximate surface area is 190 Å². The molecule has 1 saturated heterocycles. The van der Waals surface area contributed by atoms with Gasteiger partial charge in [0.25, 0.3) is 5.56 Å². The second-order valence-corrected chi connectivity index (χ2v) is 9.20. The van der Waals surface area contributed by atoms with Crippen LogP contribution in [0, 0.1) is 6.85 Å². The van der Waals surface area contributed by atoms with Crippen LogP contribution in [0.5, 0.6) is 0 Å². The van der Waals surface area contributed by atoms with Gasteiger partial charge in [0.1, 0.15) is 5.65 Å². The molecule has 0 amide bonds. The van der Waals surface area contributed by atoms with Crippen LogP contribution in [0.1, 0.15) is 64.2 Å². The van der Waals surface area contributed by atoms with Crippen LogP contribution in [0.4, 0.5) is 5.95 Å². The monoisotopic (exact) mass is 445 g/mol. The average molecular weight is 446 g/mol. The summed E-state index contributed by atoms with van der Waals surface area (Å²) in [5, 5.41) is 13.6. The van der Waals surface area contributed by atoms with Gasteiger partial charge in [-0.3, -0.25) is 9.36 Å². The molecule has 3 heterocycles. The molecule has 0 aromatic carbocycles. The van der Waals surface area contributed by atoms with Crippen molar-refractivity contribution in [1.29, 1.82) is 0 Å². The molecule has 10 heteroatoms. The number of aromatic nitrogens is 3. The third kappa shape index (κ3) is 3.95. The quantitative estimate of drug-likeness (QED) is 0.731. The summed E-state index contributed by atoms with van der Waals surface area (Å²) in [5.74, 6) is -0.343. The normalized spacial score (nSPS) is 35.5. The van der Waals surface area contributed by atoms with Gasteiger partial charge in [0.15, 0.2) is 0 Å². The molecule has 9 nitrogen and oxygen atoms in total. The first kappa shape index (κ1) is 12.1. The minimum Gasteiger partial charge on any atom is -0.388 e. The SMILES string of the molecule is [2H]C([2H])([2H])c1cc2cnc(NC3C([2H])([2H])CN(S(=O)(=O)C([2H])([2H])[2H])CC3([2H])[2H])nc2n([C@H]2CCC[C@]2(C)O)c1=O. The van der Waals surface area contributed by atoms with Gasteiger partial charge in [-0.15, -0.1) is 0 Å². The highest BCUT2D eigenvalue weighted by Gasteiger charge is 2.39. The van der Waals surface area contributed by atoms with Crippen LogP contribution >= 0.6 is 0 Å². The summed E-state index contributed by atoms with van der Waals surface area (Å²) < 4.78 is 105. The predicted octanol–water partition coefficient (Wildman–Crippen LogP) is 1.41. The first-order chi connectivity index (χ1) is 18.0. The topological polar surface area (TPSA) is 117 Å². The average Bonchev–Trinajstić information content (AvgIpc) is 3.12. The molecule has 0 radical (unpaired) electrons. The van der Waals surface area contributed by atoms with Gasteiger partial charge >= 0.3 is 0 Å². The van der Waals surface area contributed by atoms with Crippen LogP contribution in [-0.4, -0.2) is 63.3 Å². The van der Waals surface area contributed by atoms with E-state index in [1.54, 1.807) is 0 Å². The van der Waals surface area contributed by atoms with Crippen LogP contribution < -0.4 is 10.9 Å². The molecule has 4 rings (SSSR count). The summed E-state index contributed by atoms with van der Waals surface area (Å²) in [6, 6.07) is -1.47. The number of nitrogens with one attached hydrogen (secondary N) is 1. The number of aliphatic hydroxyl groups is 1. The van der Waals surface area contributed by atoms with Gasteiger partial charge in [-0.05, 0) is 51.9 Å². The van der Waals surface area contributed by atoms with Crippen LogP contribution in [0.15, 0.2) is 17.1 Å². The first-order valence-electron chi connectivity index (χ1n) is 14.4. The number of nitrogens with zero attached hydrogens (tertiary/aromatic N) is 4. The number of sulfonamides is 1. The lowest BCUT2D eigenvalue weighted by Gasteiger charge is -2.31. The van der Waals surface area contributed by atoms with Crippen molar-refractivity contribution in [2.24, 2.45) is 0 Å². The summed E-state index contributed by atoms with van der Waals surface area (Å²) in [4.78, 5) is 21.8.